The third kappa shape index (κ3) is 2.98. The molecule has 2 heterocycles. The first-order valence-electron chi connectivity index (χ1n) is 5.58. The quantitative estimate of drug-likeness (QED) is 0.853. The van der Waals surface area contributed by atoms with Crippen LogP contribution in [0.25, 0.3) is 0 Å². The summed E-state index contributed by atoms with van der Waals surface area (Å²) in [4.78, 5) is 0. The second-order valence-corrected chi connectivity index (χ2v) is 5.45. The van der Waals surface area contributed by atoms with Gasteiger partial charge in [-0.05, 0) is 31.3 Å². The molecule has 0 aliphatic carbocycles. The van der Waals surface area contributed by atoms with Crippen molar-refractivity contribution in [2.75, 3.05) is 11.5 Å². The minimum atomic E-state index is 0.423. The van der Waals surface area contributed by atoms with Crippen molar-refractivity contribution in [2.24, 2.45) is 7.05 Å². The number of aryl methyl sites for hydroxylation is 1. The van der Waals surface area contributed by atoms with E-state index in [0.717, 1.165) is 0 Å². The van der Waals surface area contributed by atoms with Gasteiger partial charge in [0.05, 0.1) is 6.20 Å². The van der Waals surface area contributed by atoms with Gasteiger partial charge in [-0.1, -0.05) is 0 Å². The first-order valence-corrected chi connectivity index (χ1v) is 6.73. The lowest BCUT2D eigenvalue weighted by Crippen LogP contribution is -2.34. The van der Waals surface area contributed by atoms with Crippen LogP contribution in [0, 0.1) is 0 Å². The van der Waals surface area contributed by atoms with Crippen LogP contribution >= 0.6 is 11.8 Å². The monoisotopic (exact) mass is 225 g/mol. The van der Waals surface area contributed by atoms with E-state index in [9.17, 15) is 0 Å². The molecule has 0 spiro atoms. The molecule has 15 heavy (non-hydrogen) atoms. The first kappa shape index (κ1) is 11.0. The summed E-state index contributed by atoms with van der Waals surface area (Å²) in [5.74, 6) is 2.61. The summed E-state index contributed by atoms with van der Waals surface area (Å²) in [7, 11) is 1.97. The number of hydrogen-bond acceptors (Lipinski definition) is 3. The van der Waals surface area contributed by atoms with E-state index in [2.05, 4.69) is 35.3 Å². The van der Waals surface area contributed by atoms with Crippen molar-refractivity contribution in [1.82, 2.24) is 15.1 Å². The molecule has 1 aliphatic heterocycles. The molecule has 0 saturated carbocycles. The predicted octanol–water partition coefficient (Wildman–Crippen LogP) is 1.97. The SMILES string of the molecule is CC(NC1CCSCC1)c1cnn(C)c1. The highest BCUT2D eigenvalue weighted by atomic mass is 32.2. The molecule has 1 aliphatic rings. The second-order valence-electron chi connectivity index (χ2n) is 4.22. The lowest BCUT2D eigenvalue weighted by atomic mass is 10.1. The molecule has 1 N–H and O–H groups in total. The highest BCUT2D eigenvalue weighted by molar-refractivity contribution is 7.99. The summed E-state index contributed by atoms with van der Waals surface area (Å²) in [5.41, 5.74) is 1.29. The van der Waals surface area contributed by atoms with Crippen molar-refractivity contribution in [3.63, 3.8) is 0 Å². The van der Waals surface area contributed by atoms with Crippen LogP contribution in [-0.2, 0) is 7.05 Å². The fourth-order valence-corrected chi connectivity index (χ4v) is 3.08. The Bertz CT molecular complexity index is 305. The van der Waals surface area contributed by atoms with Gasteiger partial charge in [0.25, 0.3) is 0 Å². The molecule has 0 bridgehead atoms. The van der Waals surface area contributed by atoms with Gasteiger partial charge in [0, 0.05) is 30.9 Å². The summed E-state index contributed by atoms with van der Waals surface area (Å²) in [5, 5.41) is 7.89. The molecule has 1 aromatic heterocycles. The zero-order valence-corrected chi connectivity index (χ0v) is 10.3. The third-order valence-electron chi connectivity index (χ3n) is 2.93. The zero-order valence-electron chi connectivity index (χ0n) is 9.44. The second kappa shape index (κ2) is 5.03. The van der Waals surface area contributed by atoms with E-state index >= 15 is 0 Å². The van der Waals surface area contributed by atoms with Gasteiger partial charge in [-0.25, -0.2) is 0 Å². The van der Waals surface area contributed by atoms with Gasteiger partial charge < -0.3 is 5.32 Å². The largest absolute Gasteiger partial charge is 0.307 e. The lowest BCUT2D eigenvalue weighted by molar-refractivity contribution is 0.431. The van der Waals surface area contributed by atoms with E-state index in [-0.39, 0.29) is 0 Å². The number of aromatic nitrogens is 2. The molecule has 2 rings (SSSR count). The van der Waals surface area contributed by atoms with Crippen LogP contribution < -0.4 is 5.32 Å². The van der Waals surface area contributed by atoms with E-state index in [1.807, 2.05) is 17.9 Å². The minimum absolute atomic E-state index is 0.423. The van der Waals surface area contributed by atoms with E-state index < -0.39 is 0 Å². The van der Waals surface area contributed by atoms with Crippen molar-refractivity contribution < 1.29 is 0 Å². The van der Waals surface area contributed by atoms with Crippen LogP contribution in [0.5, 0.6) is 0 Å². The highest BCUT2D eigenvalue weighted by Crippen LogP contribution is 2.20. The molecule has 1 unspecified atom stereocenters. The average molecular weight is 225 g/mol. The minimum Gasteiger partial charge on any atom is -0.307 e. The molecule has 1 atom stereocenters. The van der Waals surface area contributed by atoms with Crippen LogP contribution in [0.15, 0.2) is 12.4 Å². The van der Waals surface area contributed by atoms with Crippen LogP contribution in [0.2, 0.25) is 0 Å². The van der Waals surface area contributed by atoms with Crippen molar-refractivity contribution in [3.05, 3.63) is 18.0 Å². The highest BCUT2D eigenvalue weighted by Gasteiger charge is 2.16. The van der Waals surface area contributed by atoms with E-state index in [0.29, 0.717) is 12.1 Å². The van der Waals surface area contributed by atoms with Crippen LogP contribution in [-0.4, -0.2) is 27.3 Å². The molecule has 1 fully saturated rings. The van der Waals surface area contributed by atoms with Gasteiger partial charge in [-0.3, -0.25) is 4.68 Å². The Hall–Kier alpha value is -0.480. The number of nitrogens with zero attached hydrogens (tertiary/aromatic N) is 2. The average Bonchev–Trinajstić information content (AvgIpc) is 2.66. The standard InChI is InChI=1S/C11H19N3S/c1-9(10-7-12-14(2)8-10)13-11-3-5-15-6-4-11/h7-9,11,13H,3-6H2,1-2H3. The van der Waals surface area contributed by atoms with Gasteiger partial charge >= 0.3 is 0 Å². The van der Waals surface area contributed by atoms with Gasteiger partial charge in [-0.2, -0.15) is 16.9 Å². The van der Waals surface area contributed by atoms with E-state index in [4.69, 9.17) is 0 Å². The van der Waals surface area contributed by atoms with Gasteiger partial charge in [0.2, 0.25) is 0 Å². The normalized spacial score (nSPS) is 20.4. The lowest BCUT2D eigenvalue weighted by Gasteiger charge is -2.25. The molecule has 84 valence electrons. The molecule has 1 aromatic rings. The van der Waals surface area contributed by atoms with E-state index in [1.165, 1.54) is 29.9 Å². The van der Waals surface area contributed by atoms with Crippen molar-refractivity contribution in [1.29, 1.82) is 0 Å². The molecular weight excluding hydrogens is 206 g/mol. The maximum absolute atomic E-state index is 4.20. The number of rotatable bonds is 3. The van der Waals surface area contributed by atoms with Gasteiger partial charge in [-0.15, -0.1) is 0 Å². The number of hydrogen-bond donors (Lipinski definition) is 1. The third-order valence-corrected chi connectivity index (χ3v) is 3.98. The van der Waals surface area contributed by atoms with Crippen molar-refractivity contribution >= 4 is 11.8 Å². The molecule has 0 aromatic carbocycles. The summed E-state index contributed by atoms with van der Waals surface area (Å²) in [6.45, 7) is 2.22. The van der Waals surface area contributed by atoms with Gasteiger partial charge in [0.1, 0.15) is 0 Å². The molecular formula is C11H19N3S. The van der Waals surface area contributed by atoms with Crippen LogP contribution in [0.4, 0.5) is 0 Å². The summed E-state index contributed by atoms with van der Waals surface area (Å²) in [6, 6.07) is 1.12. The summed E-state index contributed by atoms with van der Waals surface area (Å²) >= 11 is 2.07. The van der Waals surface area contributed by atoms with Crippen LogP contribution in [0.3, 0.4) is 0 Å². The summed E-state index contributed by atoms with van der Waals surface area (Å²) < 4.78 is 1.87. The first-order chi connectivity index (χ1) is 7.25. The molecule has 4 heteroatoms. The summed E-state index contributed by atoms with van der Waals surface area (Å²) in [6.07, 6.45) is 6.65. The number of nitrogens with one attached hydrogen (secondary N) is 1. The molecule has 0 radical (unpaired) electrons. The fraction of sp³-hybridized carbons (Fsp3) is 0.727. The Morgan fingerprint density at radius 1 is 1.53 bits per heavy atom. The van der Waals surface area contributed by atoms with Crippen LogP contribution in [0.1, 0.15) is 31.4 Å². The molecule has 3 nitrogen and oxygen atoms in total. The van der Waals surface area contributed by atoms with Gasteiger partial charge in [0.15, 0.2) is 0 Å². The van der Waals surface area contributed by atoms with E-state index in [1.54, 1.807) is 0 Å². The zero-order chi connectivity index (χ0) is 10.7. The Balaban J connectivity index is 1.88. The Kier molecular flexibility index (Phi) is 3.70. The molecule has 1 saturated heterocycles. The Morgan fingerprint density at radius 2 is 2.27 bits per heavy atom. The Morgan fingerprint density at radius 3 is 2.87 bits per heavy atom. The van der Waals surface area contributed by atoms with Crippen molar-refractivity contribution in [2.45, 2.75) is 31.8 Å². The smallest absolute Gasteiger partial charge is 0.0537 e. The Labute approximate surface area is 95.6 Å². The molecule has 0 amide bonds. The fourth-order valence-electron chi connectivity index (χ4n) is 1.98. The number of thioether (sulfide) groups is 1. The maximum Gasteiger partial charge on any atom is 0.0537 e. The predicted molar refractivity (Wildman–Crippen MR) is 65.1 cm³/mol. The van der Waals surface area contributed by atoms with Crippen molar-refractivity contribution in [3.8, 4) is 0 Å². The maximum atomic E-state index is 4.20. The topological polar surface area (TPSA) is 29.9 Å².